The van der Waals surface area contributed by atoms with Crippen LogP contribution in [0, 0.1) is 6.92 Å². The van der Waals surface area contributed by atoms with Crippen molar-refractivity contribution in [1.82, 2.24) is 9.88 Å². The van der Waals surface area contributed by atoms with Crippen molar-refractivity contribution in [3.63, 3.8) is 0 Å². The molecule has 2 heterocycles. The predicted octanol–water partition coefficient (Wildman–Crippen LogP) is 5.34. The highest BCUT2D eigenvalue weighted by molar-refractivity contribution is 8.18. The smallest absolute Gasteiger partial charge is 0.264 e. The summed E-state index contributed by atoms with van der Waals surface area (Å²) in [5.41, 5.74) is 3.67. The number of nitrogens with zero attached hydrogens (tertiary/aromatic N) is 2. The van der Waals surface area contributed by atoms with Crippen LogP contribution in [0.2, 0.25) is 5.02 Å². The van der Waals surface area contributed by atoms with E-state index in [-0.39, 0.29) is 5.91 Å². The lowest BCUT2D eigenvalue weighted by atomic mass is 10.2. The van der Waals surface area contributed by atoms with Crippen molar-refractivity contribution in [3.8, 4) is 11.4 Å². The van der Waals surface area contributed by atoms with E-state index in [0.717, 1.165) is 22.8 Å². The molecule has 0 radical (unpaired) electrons. The molecule has 1 aliphatic heterocycles. The fourth-order valence-corrected chi connectivity index (χ4v) is 4.04. The molecule has 1 N–H and O–H groups in total. The van der Waals surface area contributed by atoms with Gasteiger partial charge in [-0.25, -0.2) is 4.99 Å². The Morgan fingerprint density at radius 1 is 1.14 bits per heavy atom. The van der Waals surface area contributed by atoms with E-state index >= 15 is 0 Å². The highest BCUT2D eigenvalue weighted by Gasteiger charge is 2.24. The van der Waals surface area contributed by atoms with Crippen molar-refractivity contribution in [3.05, 3.63) is 82.0 Å². The SMILES string of the molecule is COc1ccc(-n2c(C)ccc2/C=C2\SC(=Nc3cccc(Cl)c3)NC2=O)cc1. The maximum atomic E-state index is 12.5. The molecule has 0 unspecified atom stereocenters. The van der Waals surface area contributed by atoms with E-state index in [1.807, 2.05) is 61.5 Å². The summed E-state index contributed by atoms with van der Waals surface area (Å²) >= 11 is 7.31. The number of halogens is 1. The molecule has 3 aromatic rings. The van der Waals surface area contributed by atoms with Crippen molar-refractivity contribution in [2.45, 2.75) is 6.92 Å². The summed E-state index contributed by atoms with van der Waals surface area (Å²) in [7, 11) is 1.64. The first kappa shape index (κ1) is 19.4. The van der Waals surface area contributed by atoms with E-state index in [1.165, 1.54) is 11.8 Å². The summed E-state index contributed by atoms with van der Waals surface area (Å²) in [6.45, 7) is 2.03. The normalized spacial score (nSPS) is 16.4. The Bertz CT molecular complexity index is 1130. The second-order valence-corrected chi connectivity index (χ2v) is 7.86. The number of carbonyl (C=O) groups excluding carboxylic acids is 1. The van der Waals surface area contributed by atoms with Gasteiger partial charge in [0, 0.05) is 22.1 Å². The highest BCUT2D eigenvalue weighted by atomic mass is 35.5. The van der Waals surface area contributed by atoms with Crippen LogP contribution in [0.15, 0.2) is 70.6 Å². The van der Waals surface area contributed by atoms with Crippen LogP contribution >= 0.6 is 23.4 Å². The van der Waals surface area contributed by atoms with Crippen LogP contribution < -0.4 is 10.1 Å². The van der Waals surface area contributed by atoms with E-state index < -0.39 is 0 Å². The molecular weight excluding hydrogens is 406 g/mol. The first-order valence-electron chi connectivity index (χ1n) is 8.91. The van der Waals surface area contributed by atoms with Crippen molar-refractivity contribution in [2.24, 2.45) is 4.99 Å². The van der Waals surface area contributed by atoms with Crippen molar-refractivity contribution < 1.29 is 9.53 Å². The van der Waals surface area contributed by atoms with Gasteiger partial charge in [0.15, 0.2) is 5.17 Å². The molecule has 0 spiro atoms. The molecule has 1 aromatic heterocycles. The molecule has 0 aliphatic carbocycles. The van der Waals surface area contributed by atoms with Gasteiger partial charge in [0.2, 0.25) is 0 Å². The third-order valence-corrected chi connectivity index (χ3v) is 5.55. The largest absolute Gasteiger partial charge is 0.497 e. The molecule has 7 heteroatoms. The maximum absolute atomic E-state index is 12.5. The van der Waals surface area contributed by atoms with Gasteiger partial charge in [0.1, 0.15) is 5.75 Å². The number of amidine groups is 1. The number of aliphatic imine (C=N–C) groups is 1. The Morgan fingerprint density at radius 3 is 2.66 bits per heavy atom. The third kappa shape index (κ3) is 4.23. The van der Waals surface area contributed by atoms with Crippen molar-refractivity contribution >= 4 is 46.2 Å². The lowest BCUT2D eigenvalue weighted by molar-refractivity contribution is -0.115. The van der Waals surface area contributed by atoms with Crippen LogP contribution in [0.25, 0.3) is 11.8 Å². The standard InChI is InChI=1S/C22H18ClN3O2S/c1-14-6-7-18(26(14)17-8-10-19(28-2)11-9-17)13-20-21(27)25-22(29-20)24-16-5-3-4-15(23)12-16/h3-13H,1-2H3,(H,24,25,27)/b20-13-. The minimum absolute atomic E-state index is 0.170. The molecule has 1 amide bonds. The molecule has 146 valence electrons. The number of methoxy groups -OCH3 is 1. The maximum Gasteiger partial charge on any atom is 0.264 e. The quantitative estimate of drug-likeness (QED) is 0.576. The average Bonchev–Trinajstić information content (AvgIpc) is 3.24. The van der Waals surface area contributed by atoms with Crippen molar-refractivity contribution in [2.75, 3.05) is 7.11 Å². The summed E-state index contributed by atoms with van der Waals surface area (Å²) in [6, 6.07) is 19.0. The Labute approximate surface area is 178 Å². The average molecular weight is 424 g/mol. The topological polar surface area (TPSA) is 55.6 Å². The Morgan fingerprint density at radius 2 is 1.93 bits per heavy atom. The van der Waals surface area contributed by atoms with E-state index in [9.17, 15) is 4.79 Å². The molecule has 0 saturated carbocycles. The van der Waals surface area contributed by atoms with Gasteiger partial charge in [-0.05, 0) is 79.4 Å². The van der Waals surface area contributed by atoms with Gasteiger partial charge >= 0.3 is 0 Å². The van der Waals surface area contributed by atoms with Crippen LogP contribution in [-0.4, -0.2) is 22.8 Å². The molecular formula is C22H18ClN3O2S. The number of hydrogen-bond donors (Lipinski definition) is 1. The summed E-state index contributed by atoms with van der Waals surface area (Å²) in [5, 5.41) is 3.94. The van der Waals surface area contributed by atoms with Gasteiger partial charge < -0.3 is 14.6 Å². The first-order chi connectivity index (χ1) is 14.0. The molecule has 0 atom stereocenters. The summed E-state index contributed by atoms with van der Waals surface area (Å²) in [6.07, 6.45) is 1.87. The summed E-state index contributed by atoms with van der Waals surface area (Å²) < 4.78 is 7.33. The second-order valence-electron chi connectivity index (χ2n) is 6.39. The first-order valence-corrected chi connectivity index (χ1v) is 10.1. The van der Waals surface area contributed by atoms with Crippen molar-refractivity contribution in [1.29, 1.82) is 0 Å². The Hall–Kier alpha value is -2.96. The molecule has 4 rings (SSSR count). The summed E-state index contributed by atoms with van der Waals surface area (Å²) in [4.78, 5) is 17.5. The Kier molecular flexibility index (Phi) is 5.47. The molecule has 1 fully saturated rings. The molecule has 0 bridgehead atoms. The number of aromatic nitrogens is 1. The number of carbonyl (C=O) groups is 1. The van der Waals surface area contributed by atoms with Gasteiger partial charge in [0.05, 0.1) is 17.7 Å². The van der Waals surface area contributed by atoms with Gasteiger partial charge in [0.25, 0.3) is 5.91 Å². The fraction of sp³-hybridized carbons (Fsp3) is 0.0909. The van der Waals surface area contributed by atoms with E-state index in [0.29, 0.717) is 20.8 Å². The van der Waals surface area contributed by atoms with Gasteiger partial charge in [-0.15, -0.1) is 0 Å². The molecule has 1 saturated heterocycles. The lowest BCUT2D eigenvalue weighted by Gasteiger charge is -2.10. The van der Waals surface area contributed by atoms with E-state index in [2.05, 4.69) is 14.9 Å². The number of nitrogens with one attached hydrogen (secondary N) is 1. The van der Waals surface area contributed by atoms with E-state index in [1.54, 1.807) is 19.2 Å². The Balaban J connectivity index is 1.64. The predicted molar refractivity (Wildman–Crippen MR) is 119 cm³/mol. The minimum atomic E-state index is -0.170. The number of rotatable bonds is 4. The zero-order valence-electron chi connectivity index (χ0n) is 15.8. The monoisotopic (exact) mass is 423 g/mol. The number of aryl methyl sites for hydroxylation is 1. The lowest BCUT2D eigenvalue weighted by Crippen LogP contribution is -2.19. The van der Waals surface area contributed by atoms with E-state index in [4.69, 9.17) is 16.3 Å². The van der Waals surface area contributed by atoms with Gasteiger partial charge in [-0.1, -0.05) is 17.7 Å². The van der Waals surface area contributed by atoms with Crippen LogP contribution in [0.1, 0.15) is 11.4 Å². The molecule has 5 nitrogen and oxygen atoms in total. The fourth-order valence-electron chi connectivity index (χ4n) is 3.03. The number of amides is 1. The zero-order valence-corrected chi connectivity index (χ0v) is 17.4. The number of thioether (sulfide) groups is 1. The second kappa shape index (κ2) is 8.19. The van der Waals surface area contributed by atoms with Crippen LogP contribution in [-0.2, 0) is 4.79 Å². The van der Waals surface area contributed by atoms with Gasteiger partial charge in [-0.2, -0.15) is 0 Å². The number of hydrogen-bond acceptors (Lipinski definition) is 4. The molecule has 29 heavy (non-hydrogen) atoms. The van der Waals surface area contributed by atoms with Crippen LogP contribution in [0.5, 0.6) is 5.75 Å². The molecule has 2 aromatic carbocycles. The number of benzene rings is 2. The third-order valence-electron chi connectivity index (χ3n) is 4.41. The zero-order chi connectivity index (χ0) is 20.4. The minimum Gasteiger partial charge on any atom is -0.497 e. The molecule has 1 aliphatic rings. The summed E-state index contributed by atoms with van der Waals surface area (Å²) in [5.74, 6) is 0.627. The highest BCUT2D eigenvalue weighted by Crippen LogP contribution is 2.30. The number of ether oxygens (including phenoxy) is 1. The van der Waals surface area contributed by atoms with Gasteiger partial charge in [-0.3, -0.25) is 4.79 Å². The van der Waals surface area contributed by atoms with Crippen LogP contribution in [0.3, 0.4) is 0 Å². The van der Waals surface area contributed by atoms with Crippen LogP contribution in [0.4, 0.5) is 5.69 Å².